The van der Waals surface area contributed by atoms with Crippen molar-refractivity contribution in [3.63, 3.8) is 0 Å². The standard InChI is InChI=1S/C43H41ClN8O5/c1-25-26(2)51(47-38(25)29-8-11-35(45-3)34(44)18-29)22-27-4-6-28(7-5-27)40(55)49-16-14-48(15-17-49)31-20-43(21-31)23-50(24-43)30-9-10-32-33(19-30)42(57)52(41(32)56)36-12-13-37(53)46-39(36)54/h4-11,18-19,31,36H,12-17,20-24H2,1-2H3,(H,46,53,54). The lowest BCUT2D eigenvalue weighted by atomic mass is 9.60. The summed E-state index contributed by atoms with van der Waals surface area (Å²) < 4.78 is 1.96. The van der Waals surface area contributed by atoms with Crippen molar-refractivity contribution in [2.75, 3.05) is 44.2 Å². The van der Waals surface area contributed by atoms with E-state index in [1.807, 2.05) is 59.8 Å². The fourth-order valence-electron chi connectivity index (χ4n) is 9.27. The number of hydrogen-bond donors (Lipinski definition) is 1. The Hall–Kier alpha value is -5.84. The van der Waals surface area contributed by atoms with E-state index >= 15 is 0 Å². The van der Waals surface area contributed by atoms with Gasteiger partial charge in [0.05, 0.1) is 29.9 Å². The van der Waals surface area contributed by atoms with Gasteiger partial charge in [-0.1, -0.05) is 35.9 Å². The number of imide groups is 2. The number of fused-ring (bicyclic) bond motifs is 1. The molecule has 5 amide bonds. The Labute approximate surface area is 335 Å². The van der Waals surface area contributed by atoms with Crippen LogP contribution in [0.1, 0.15) is 73.6 Å². The summed E-state index contributed by atoms with van der Waals surface area (Å²) in [5, 5.41) is 7.51. The van der Waals surface area contributed by atoms with Crippen LogP contribution < -0.4 is 10.2 Å². The molecule has 3 aromatic carbocycles. The van der Waals surface area contributed by atoms with Crippen LogP contribution >= 0.6 is 11.6 Å². The molecule has 4 aromatic rings. The minimum absolute atomic E-state index is 0.0452. The molecule has 4 fully saturated rings. The van der Waals surface area contributed by atoms with Crippen molar-refractivity contribution in [3.05, 3.63) is 111 Å². The lowest BCUT2D eigenvalue weighted by molar-refractivity contribution is -0.136. The molecule has 1 unspecified atom stereocenters. The summed E-state index contributed by atoms with van der Waals surface area (Å²) in [6, 6.07) is 18.0. The number of nitrogens with zero attached hydrogens (tertiary/aromatic N) is 7. The van der Waals surface area contributed by atoms with Gasteiger partial charge in [0.15, 0.2) is 0 Å². The monoisotopic (exact) mass is 784 g/mol. The molecule has 0 bridgehead atoms. The smallest absolute Gasteiger partial charge is 0.262 e. The van der Waals surface area contributed by atoms with Gasteiger partial charge in [0.1, 0.15) is 6.04 Å². The minimum Gasteiger partial charge on any atom is -0.370 e. The third kappa shape index (κ3) is 6.37. The molecule has 1 spiro atoms. The molecule has 4 aliphatic heterocycles. The van der Waals surface area contributed by atoms with Crippen LogP contribution in [0.4, 0.5) is 11.4 Å². The zero-order chi connectivity index (χ0) is 39.7. The Kier molecular flexibility index (Phi) is 9.01. The van der Waals surface area contributed by atoms with Gasteiger partial charge in [0.2, 0.25) is 17.5 Å². The lowest BCUT2D eigenvalue weighted by Gasteiger charge is -2.62. The largest absolute Gasteiger partial charge is 0.370 e. The number of hydrogen-bond acceptors (Lipinski definition) is 8. The number of benzene rings is 3. The van der Waals surface area contributed by atoms with E-state index < -0.39 is 29.7 Å². The first-order valence-corrected chi connectivity index (χ1v) is 19.7. The molecule has 1 aromatic heterocycles. The molecule has 290 valence electrons. The highest BCUT2D eigenvalue weighted by Gasteiger charge is 2.54. The van der Waals surface area contributed by atoms with Gasteiger partial charge in [-0.05, 0) is 80.6 Å². The summed E-state index contributed by atoms with van der Waals surface area (Å²) in [4.78, 5) is 75.1. The van der Waals surface area contributed by atoms with Crippen molar-refractivity contribution >= 4 is 52.5 Å². The van der Waals surface area contributed by atoms with E-state index in [1.165, 1.54) is 0 Å². The van der Waals surface area contributed by atoms with E-state index in [2.05, 4.69) is 20.0 Å². The van der Waals surface area contributed by atoms with Crippen molar-refractivity contribution in [1.29, 1.82) is 0 Å². The molecule has 5 heterocycles. The zero-order valence-corrected chi connectivity index (χ0v) is 32.5. The molecular weight excluding hydrogens is 744 g/mol. The predicted octanol–water partition coefficient (Wildman–Crippen LogP) is 5.25. The average Bonchev–Trinajstić information content (AvgIpc) is 3.59. The molecule has 0 radical (unpaired) electrons. The second-order valence-electron chi connectivity index (χ2n) is 16.1. The first kappa shape index (κ1) is 36.8. The van der Waals surface area contributed by atoms with Crippen molar-refractivity contribution in [1.82, 2.24) is 29.8 Å². The maximum Gasteiger partial charge on any atom is 0.262 e. The molecule has 1 atom stereocenters. The molecule has 14 heteroatoms. The fraction of sp³-hybridized carbons (Fsp3) is 0.372. The highest BCUT2D eigenvalue weighted by molar-refractivity contribution is 6.33. The summed E-state index contributed by atoms with van der Waals surface area (Å²) in [7, 11) is 0. The van der Waals surface area contributed by atoms with Crippen molar-refractivity contribution in [2.45, 2.75) is 58.2 Å². The van der Waals surface area contributed by atoms with E-state index in [-0.39, 0.29) is 24.2 Å². The number of nitrogens with one attached hydrogen (secondary N) is 1. The highest BCUT2D eigenvalue weighted by atomic mass is 35.5. The maximum atomic E-state index is 13.5. The van der Waals surface area contributed by atoms with Crippen LogP contribution in [0.3, 0.4) is 0 Å². The maximum absolute atomic E-state index is 13.5. The summed E-state index contributed by atoms with van der Waals surface area (Å²) in [6.07, 6.45) is 2.40. The van der Waals surface area contributed by atoms with Crippen LogP contribution in [0.2, 0.25) is 5.02 Å². The number of carbonyl (C=O) groups is 5. The predicted molar refractivity (Wildman–Crippen MR) is 212 cm³/mol. The lowest BCUT2D eigenvalue weighted by Crippen LogP contribution is -2.68. The Bertz CT molecular complexity index is 2410. The van der Waals surface area contributed by atoms with Gasteiger partial charge < -0.3 is 9.80 Å². The number of anilines is 1. The molecular formula is C43H41ClN8O5. The van der Waals surface area contributed by atoms with Gasteiger partial charge in [-0.25, -0.2) is 4.85 Å². The van der Waals surface area contributed by atoms with Gasteiger partial charge >= 0.3 is 0 Å². The Morgan fingerprint density at radius 3 is 2.33 bits per heavy atom. The number of aromatic nitrogens is 2. The van der Waals surface area contributed by atoms with Crippen molar-refractivity contribution in [2.24, 2.45) is 5.41 Å². The molecule has 1 N–H and O–H groups in total. The van der Waals surface area contributed by atoms with Crippen LogP contribution in [0, 0.1) is 25.8 Å². The Morgan fingerprint density at radius 1 is 0.930 bits per heavy atom. The minimum atomic E-state index is -0.975. The van der Waals surface area contributed by atoms with Crippen LogP contribution in [0.5, 0.6) is 0 Å². The van der Waals surface area contributed by atoms with Gasteiger partial charge in [-0.15, -0.1) is 0 Å². The van der Waals surface area contributed by atoms with E-state index in [9.17, 15) is 24.0 Å². The van der Waals surface area contributed by atoms with Crippen molar-refractivity contribution < 1.29 is 24.0 Å². The highest BCUT2D eigenvalue weighted by Crippen LogP contribution is 2.52. The summed E-state index contributed by atoms with van der Waals surface area (Å²) in [5.41, 5.74) is 7.64. The van der Waals surface area contributed by atoms with Gasteiger partial charge in [0, 0.05) is 84.7 Å². The van der Waals surface area contributed by atoms with Crippen LogP contribution in [0.25, 0.3) is 16.1 Å². The summed E-state index contributed by atoms with van der Waals surface area (Å²) >= 11 is 6.31. The molecule has 3 saturated heterocycles. The van der Waals surface area contributed by atoms with E-state index in [0.29, 0.717) is 53.1 Å². The van der Waals surface area contributed by atoms with E-state index in [4.69, 9.17) is 23.3 Å². The van der Waals surface area contributed by atoms with Gasteiger partial charge in [0.25, 0.3) is 17.7 Å². The normalized spacial score (nSPS) is 20.7. The second kappa shape index (κ2) is 14.0. The molecule has 1 saturated carbocycles. The molecule has 9 rings (SSSR count). The number of amides is 5. The topological polar surface area (TPSA) is 133 Å². The van der Waals surface area contributed by atoms with Gasteiger partial charge in [-0.2, -0.15) is 5.10 Å². The molecule has 57 heavy (non-hydrogen) atoms. The quantitative estimate of drug-likeness (QED) is 0.199. The molecule has 5 aliphatic rings. The summed E-state index contributed by atoms with van der Waals surface area (Å²) in [5.74, 6) is -1.94. The number of halogens is 1. The first-order chi connectivity index (χ1) is 27.4. The van der Waals surface area contributed by atoms with Crippen LogP contribution in [0.15, 0.2) is 60.7 Å². The fourth-order valence-corrected chi connectivity index (χ4v) is 9.49. The Morgan fingerprint density at radius 2 is 1.65 bits per heavy atom. The number of carbonyl (C=O) groups excluding carboxylic acids is 5. The molecule has 1 aliphatic carbocycles. The number of rotatable bonds is 7. The van der Waals surface area contributed by atoms with E-state index in [1.54, 1.807) is 24.3 Å². The summed E-state index contributed by atoms with van der Waals surface area (Å²) in [6.45, 7) is 16.7. The number of piperazine rings is 1. The SMILES string of the molecule is [C-]#[N+]c1ccc(-c2nn(Cc3ccc(C(=O)N4CCN(C5CC6(C5)CN(c5ccc7c(c5)C(=O)N(C5CCC(=O)NC5=O)C7=O)C6)CC4)cc3)c(C)c2C)cc1Cl. The van der Waals surface area contributed by atoms with Crippen LogP contribution in [-0.2, 0) is 16.1 Å². The zero-order valence-electron chi connectivity index (χ0n) is 31.8. The number of piperidine rings is 1. The second-order valence-corrected chi connectivity index (χ2v) is 16.5. The third-order valence-corrected chi connectivity index (χ3v) is 13.0. The average molecular weight is 785 g/mol. The van der Waals surface area contributed by atoms with Gasteiger partial charge in [-0.3, -0.25) is 43.8 Å². The first-order valence-electron chi connectivity index (χ1n) is 19.4. The Balaban J connectivity index is 0.751. The molecule has 13 nitrogen and oxygen atoms in total. The van der Waals surface area contributed by atoms with E-state index in [0.717, 1.165) is 77.7 Å². The van der Waals surface area contributed by atoms with Crippen molar-refractivity contribution in [3.8, 4) is 11.3 Å². The third-order valence-electron chi connectivity index (χ3n) is 12.7. The van der Waals surface area contributed by atoms with Crippen LogP contribution in [-0.4, -0.2) is 105 Å².